The highest BCUT2D eigenvalue weighted by Crippen LogP contribution is 2.27. The maximum Gasteiger partial charge on any atom is 0.224 e. The second-order valence-corrected chi connectivity index (χ2v) is 10.2. The lowest BCUT2D eigenvalue weighted by Gasteiger charge is -2.21. The van der Waals surface area contributed by atoms with Gasteiger partial charge in [0.2, 0.25) is 5.91 Å². The van der Waals surface area contributed by atoms with Gasteiger partial charge in [0.25, 0.3) is 0 Å². The average molecular weight is 418 g/mol. The predicted octanol–water partition coefficient (Wildman–Crippen LogP) is 5.21. The second-order valence-electron chi connectivity index (χ2n) is 7.94. The lowest BCUT2D eigenvalue weighted by Crippen LogP contribution is -2.25. The van der Waals surface area contributed by atoms with Crippen LogP contribution in [0.5, 0.6) is 0 Å². The third-order valence-corrected chi connectivity index (χ3v) is 7.79. The Morgan fingerprint density at radius 1 is 1.10 bits per heavy atom. The van der Waals surface area contributed by atoms with Gasteiger partial charge < -0.3 is 5.32 Å². The summed E-state index contributed by atoms with van der Waals surface area (Å²) in [7, 11) is -3.20. The van der Waals surface area contributed by atoms with Crippen molar-refractivity contribution in [2.75, 3.05) is 5.32 Å². The molecule has 0 spiro atoms. The molecule has 0 saturated heterocycles. The largest absolute Gasteiger partial charge is 0.326 e. The third kappa shape index (κ3) is 5.89. The van der Waals surface area contributed by atoms with E-state index >= 15 is 0 Å². The summed E-state index contributed by atoms with van der Waals surface area (Å²) in [6, 6.07) is 13.4. The molecule has 0 radical (unpaired) electrons. The highest BCUT2D eigenvalue weighted by molar-refractivity contribution is 7.91. The van der Waals surface area contributed by atoms with Crippen molar-refractivity contribution in [1.82, 2.24) is 0 Å². The van der Waals surface area contributed by atoms with Crippen molar-refractivity contribution in [1.29, 1.82) is 0 Å². The summed E-state index contributed by atoms with van der Waals surface area (Å²) >= 11 is 0. The van der Waals surface area contributed by atoms with E-state index in [-0.39, 0.29) is 35.1 Å². The molecule has 1 atom stereocenters. The summed E-state index contributed by atoms with van der Waals surface area (Å²) in [6.45, 7) is 1.81. The quantitative estimate of drug-likeness (QED) is 0.673. The van der Waals surface area contributed by atoms with Gasteiger partial charge in [-0.05, 0) is 48.1 Å². The van der Waals surface area contributed by atoms with Crippen LogP contribution in [0.3, 0.4) is 0 Å². The highest BCUT2D eigenvalue weighted by atomic mass is 32.2. The SMILES string of the molecule is CC(CC(=O)Nc1cccc(CS(=O)(=O)C2CCCCC2)c1)c1ccccc1F. The molecule has 1 aliphatic rings. The van der Waals surface area contributed by atoms with Crippen LogP contribution in [-0.2, 0) is 20.4 Å². The fourth-order valence-corrected chi connectivity index (χ4v) is 5.92. The third-order valence-electron chi connectivity index (χ3n) is 5.57. The molecule has 1 N–H and O–H groups in total. The topological polar surface area (TPSA) is 63.2 Å². The number of rotatable bonds is 7. The molecule has 1 amide bonds. The maximum atomic E-state index is 13.9. The van der Waals surface area contributed by atoms with Gasteiger partial charge in [0.15, 0.2) is 9.84 Å². The van der Waals surface area contributed by atoms with Gasteiger partial charge in [0.1, 0.15) is 5.82 Å². The normalized spacial score (nSPS) is 16.3. The minimum Gasteiger partial charge on any atom is -0.326 e. The maximum absolute atomic E-state index is 13.9. The van der Waals surface area contributed by atoms with Crippen LogP contribution >= 0.6 is 0 Å². The van der Waals surface area contributed by atoms with Crippen molar-refractivity contribution < 1.29 is 17.6 Å². The average Bonchev–Trinajstić information content (AvgIpc) is 2.68. The predicted molar refractivity (Wildman–Crippen MR) is 114 cm³/mol. The molecule has 2 aromatic carbocycles. The van der Waals surface area contributed by atoms with Crippen LogP contribution in [0.1, 0.15) is 62.5 Å². The van der Waals surface area contributed by atoms with Gasteiger partial charge in [-0.2, -0.15) is 0 Å². The monoisotopic (exact) mass is 417 g/mol. The molecule has 3 rings (SSSR count). The summed E-state index contributed by atoms with van der Waals surface area (Å²) in [6.07, 6.45) is 4.68. The summed E-state index contributed by atoms with van der Waals surface area (Å²) < 4.78 is 39.3. The molecule has 0 heterocycles. The minimum absolute atomic E-state index is 0.00694. The number of sulfone groups is 1. The number of carbonyl (C=O) groups is 1. The Bertz CT molecular complexity index is 952. The zero-order chi connectivity index (χ0) is 20.9. The fraction of sp³-hybridized carbons (Fsp3) is 0.435. The molecule has 0 aliphatic heterocycles. The molecule has 4 nitrogen and oxygen atoms in total. The van der Waals surface area contributed by atoms with E-state index in [0.717, 1.165) is 32.1 Å². The van der Waals surface area contributed by atoms with Gasteiger partial charge in [-0.25, -0.2) is 12.8 Å². The molecule has 29 heavy (non-hydrogen) atoms. The zero-order valence-corrected chi connectivity index (χ0v) is 17.6. The molecule has 0 bridgehead atoms. The van der Waals surface area contributed by atoms with E-state index in [0.29, 0.717) is 16.8 Å². The van der Waals surface area contributed by atoms with Crippen molar-refractivity contribution in [3.05, 3.63) is 65.5 Å². The number of amides is 1. The Morgan fingerprint density at radius 3 is 2.55 bits per heavy atom. The number of hydrogen-bond donors (Lipinski definition) is 1. The summed E-state index contributed by atoms with van der Waals surface area (Å²) in [5, 5.41) is 2.56. The van der Waals surface area contributed by atoms with Crippen LogP contribution < -0.4 is 5.32 Å². The molecular formula is C23H28FNO3S. The molecule has 1 fully saturated rings. The van der Waals surface area contributed by atoms with Crippen LogP contribution in [0.2, 0.25) is 0 Å². The molecular weight excluding hydrogens is 389 g/mol. The van der Waals surface area contributed by atoms with E-state index in [1.165, 1.54) is 6.07 Å². The van der Waals surface area contributed by atoms with E-state index in [1.54, 1.807) is 42.5 Å². The first-order chi connectivity index (χ1) is 13.8. The van der Waals surface area contributed by atoms with E-state index in [2.05, 4.69) is 5.32 Å². The van der Waals surface area contributed by atoms with E-state index in [9.17, 15) is 17.6 Å². The molecule has 2 aromatic rings. The zero-order valence-electron chi connectivity index (χ0n) is 16.7. The lowest BCUT2D eigenvalue weighted by atomic mass is 9.97. The smallest absolute Gasteiger partial charge is 0.224 e. The first-order valence-electron chi connectivity index (χ1n) is 10.2. The number of carbonyl (C=O) groups excluding carboxylic acids is 1. The summed E-state index contributed by atoms with van der Waals surface area (Å²) in [5.41, 5.74) is 1.75. The van der Waals surface area contributed by atoms with Crippen LogP contribution in [-0.4, -0.2) is 19.6 Å². The van der Waals surface area contributed by atoms with Crippen molar-refractivity contribution in [3.8, 4) is 0 Å². The number of nitrogens with one attached hydrogen (secondary N) is 1. The van der Waals surface area contributed by atoms with Crippen LogP contribution in [0.25, 0.3) is 0 Å². The summed E-state index contributed by atoms with van der Waals surface area (Å²) in [5.74, 6) is -0.811. The number of anilines is 1. The Labute approximate surface area is 172 Å². The van der Waals surface area contributed by atoms with E-state index in [1.807, 2.05) is 6.92 Å². The first kappa shape index (κ1) is 21.5. The van der Waals surface area contributed by atoms with Crippen molar-refractivity contribution in [2.45, 2.75) is 62.4 Å². The minimum atomic E-state index is -3.20. The van der Waals surface area contributed by atoms with Crippen molar-refractivity contribution >= 4 is 21.4 Å². The van der Waals surface area contributed by atoms with Crippen LogP contribution in [0, 0.1) is 5.82 Å². The number of hydrogen-bond acceptors (Lipinski definition) is 3. The number of benzene rings is 2. The Hall–Kier alpha value is -2.21. The van der Waals surface area contributed by atoms with E-state index < -0.39 is 9.84 Å². The van der Waals surface area contributed by atoms with E-state index in [4.69, 9.17) is 0 Å². The van der Waals surface area contributed by atoms with Gasteiger partial charge >= 0.3 is 0 Å². The van der Waals surface area contributed by atoms with Gasteiger partial charge in [-0.1, -0.05) is 56.5 Å². The molecule has 6 heteroatoms. The van der Waals surface area contributed by atoms with Gasteiger partial charge in [0, 0.05) is 12.1 Å². The van der Waals surface area contributed by atoms with Crippen molar-refractivity contribution in [3.63, 3.8) is 0 Å². The Kier molecular flexibility index (Phi) is 7.06. The van der Waals surface area contributed by atoms with Gasteiger partial charge in [-0.15, -0.1) is 0 Å². The Morgan fingerprint density at radius 2 is 1.83 bits per heavy atom. The van der Waals surface area contributed by atoms with Crippen LogP contribution in [0.15, 0.2) is 48.5 Å². The first-order valence-corrected chi connectivity index (χ1v) is 11.9. The van der Waals surface area contributed by atoms with Crippen molar-refractivity contribution in [2.24, 2.45) is 0 Å². The lowest BCUT2D eigenvalue weighted by molar-refractivity contribution is -0.116. The second kappa shape index (κ2) is 9.53. The standard InChI is InChI=1S/C23H28FNO3S/c1-17(21-12-5-6-13-22(21)24)14-23(26)25-19-9-7-8-18(15-19)16-29(27,28)20-10-3-2-4-11-20/h5-9,12-13,15,17,20H,2-4,10-11,14,16H2,1H3,(H,25,26). The molecule has 1 unspecified atom stereocenters. The number of halogens is 1. The van der Waals surface area contributed by atoms with Gasteiger partial charge in [-0.3, -0.25) is 4.79 Å². The van der Waals surface area contributed by atoms with Crippen LogP contribution in [0.4, 0.5) is 10.1 Å². The fourth-order valence-electron chi connectivity index (χ4n) is 3.99. The molecule has 1 aliphatic carbocycles. The van der Waals surface area contributed by atoms with Gasteiger partial charge in [0.05, 0.1) is 11.0 Å². The Balaban J connectivity index is 1.62. The molecule has 0 aromatic heterocycles. The molecule has 156 valence electrons. The summed E-state index contributed by atoms with van der Waals surface area (Å²) in [4.78, 5) is 12.4. The molecule has 1 saturated carbocycles. The highest BCUT2D eigenvalue weighted by Gasteiger charge is 2.27.